The lowest BCUT2D eigenvalue weighted by Crippen LogP contribution is -2.40. The zero-order valence-electron chi connectivity index (χ0n) is 12.8. The van der Waals surface area contributed by atoms with Crippen molar-refractivity contribution in [3.8, 4) is 0 Å². The molecule has 2 amide bonds. The SMILES string of the molecule is NS(=O)(=O)c1ccc(NC(=O)N(C[C@H]2CCOC2)C2CC2)cc1. The van der Waals surface area contributed by atoms with Crippen LogP contribution in [0.2, 0.25) is 0 Å². The quantitative estimate of drug-likeness (QED) is 0.846. The fourth-order valence-corrected chi connectivity index (χ4v) is 3.23. The van der Waals surface area contributed by atoms with Gasteiger partial charge in [0.25, 0.3) is 0 Å². The molecular weight excluding hydrogens is 318 g/mol. The van der Waals surface area contributed by atoms with E-state index in [9.17, 15) is 13.2 Å². The monoisotopic (exact) mass is 339 g/mol. The largest absolute Gasteiger partial charge is 0.381 e. The summed E-state index contributed by atoms with van der Waals surface area (Å²) >= 11 is 0. The van der Waals surface area contributed by atoms with Gasteiger partial charge >= 0.3 is 6.03 Å². The summed E-state index contributed by atoms with van der Waals surface area (Å²) in [5.41, 5.74) is 0.552. The molecule has 7 nitrogen and oxygen atoms in total. The number of nitrogens with two attached hydrogens (primary N) is 1. The Balaban J connectivity index is 1.64. The van der Waals surface area contributed by atoms with E-state index in [-0.39, 0.29) is 10.9 Å². The molecule has 23 heavy (non-hydrogen) atoms. The molecule has 1 aliphatic carbocycles. The number of benzene rings is 1. The van der Waals surface area contributed by atoms with Gasteiger partial charge in [0, 0.05) is 30.8 Å². The van der Waals surface area contributed by atoms with Crippen LogP contribution in [-0.2, 0) is 14.8 Å². The van der Waals surface area contributed by atoms with Crippen molar-refractivity contribution >= 4 is 21.7 Å². The average molecular weight is 339 g/mol. The predicted octanol–water partition coefficient (Wildman–Crippen LogP) is 1.37. The van der Waals surface area contributed by atoms with Crippen molar-refractivity contribution in [1.82, 2.24) is 4.90 Å². The Labute approximate surface area is 135 Å². The Morgan fingerprint density at radius 3 is 2.48 bits per heavy atom. The first-order valence-electron chi connectivity index (χ1n) is 7.72. The van der Waals surface area contributed by atoms with E-state index < -0.39 is 10.0 Å². The van der Waals surface area contributed by atoms with E-state index in [0.717, 1.165) is 25.9 Å². The molecule has 1 heterocycles. The summed E-state index contributed by atoms with van der Waals surface area (Å²) in [5, 5.41) is 7.89. The first-order chi connectivity index (χ1) is 10.9. The molecule has 1 aromatic rings. The van der Waals surface area contributed by atoms with Crippen LogP contribution in [0.15, 0.2) is 29.2 Å². The highest BCUT2D eigenvalue weighted by molar-refractivity contribution is 7.89. The van der Waals surface area contributed by atoms with Gasteiger partial charge in [0.15, 0.2) is 0 Å². The van der Waals surface area contributed by atoms with E-state index in [4.69, 9.17) is 9.88 Å². The van der Waals surface area contributed by atoms with Gasteiger partial charge in [-0.3, -0.25) is 0 Å². The topological polar surface area (TPSA) is 102 Å². The number of nitrogens with one attached hydrogen (secondary N) is 1. The minimum absolute atomic E-state index is 0.0256. The van der Waals surface area contributed by atoms with Gasteiger partial charge in [0.2, 0.25) is 10.0 Å². The molecule has 0 bridgehead atoms. The number of sulfonamides is 1. The second kappa shape index (κ2) is 6.46. The third kappa shape index (κ3) is 4.21. The number of ether oxygens (including phenoxy) is 1. The minimum atomic E-state index is -3.72. The molecule has 1 aromatic carbocycles. The first kappa shape index (κ1) is 16.2. The third-order valence-corrected chi connectivity index (χ3v) is 5.09. The molecule has 1 saturated heterocycles. The molecule has 1 atom stereocenters. The van der Waals surface area contributed by atoms with Crippen molar-refractivity contribution in [2.75, 3.05) is 25.1 Å². The highest BCUT2D eigenvalue weighted by Gasteiger charge is 2.34. The lowest BCUT2D eigenvalue weighted by Gasteiger charge is -2.25. The molecule has 1 saturated carbocycles. The zero-order chi connectivity index (χ0) is 16.4. The number of hydrogen-bond acceptors (Lipinski definition) is 4. The lowest BCUT2D eigenvalue weighted by atomic mass is 10.1. The molecule has 0 spiro atoms. The number of urea groups is 1. The molecule has 8 heteroatoms. The molecule has 126 valence electrons. The Morgan fingerprint density at radius 2 is 1.96 bits per heavy atom. The van der Waals surface area contributed by atoms with E-state index >= 15 is 0 Å². The van der Waals surface area contributed by atoms with E-state index in [0.29, 0.717) is 30.8 Å². The second-order valence-electron chi connectivity index (χ2n) is 6.11. The summed E-state index contributed by atoms with van der Waals surface area (Å²) in [5.74, 6) is 0.395. The van der Waals surface area contributed by atoms with Crippen LogP contribution >= 0.6 is 0 Å². The smallest absolute Gasteiger partial charge is 0.322 e. The van der Waals surface area contributed by atoms with Gasteiger partial charge in [0.1, 0.15) is 0 Å². The van der Waals surface area contributed by atoms with Crippen molar-refractivity contribution in [3.05, 3.63) is 24.3 Å². The van der Waals surface area contributed by atoms with Crippen molar-refractivity contribution in [3.63, 3.8) is 0 Å². The van der Waals surface area contributed by atoms with Gasteiger partial charge in [-0.1, -0.05) is 0 Å². The predicted molar refractivity (Wildman–Crippen MR) is 85.5 cm³/mol. The molecule has 0 aromatic heterocycles. The maximum Gasteiger partial charge on any atom is 0.322 e. The number of hydrogen-bond donors (Lipinski definition) is 2. The Morgan fingerprint density at radius 1 is 1.26 bits per heavy atom. The summed E-state index contributed by atoms with van der Waals surface area (Å²) in [6.07, 6.45) is 3.05. The van der Waals surface area contributed by atoms with Gasteiger partial charge in [-0.2, -0.15) is 0 Å². The number of amides is 2. The number of carbonyl (C=O) groups is 1. The number of anilines is 1. The standard InChI is InChI=1S/C15H21N3O4S/c16-23(20,21)14-5-1-12(2-6-14)17-15(19)18(13-3-4-13)9-11-7-8-22-10-11/h1-2,5-6,11,13H,3-4,7-10H2,(H,17,19)(H2,16,20,21)/t11-/m1/s1. The van der Waals surface area contributed by atoms with Crippen LogP contribution < -0.4 is 10.5 Å². The van der Waals surface area contributed by atoms with Crippen LogP contribution in [0.3, 0.4) is 0 Å². The van der Waals surface area contributed by atoms with Crippen LogP contribution in [0.5, 0.6) is 0 Å². The summed E-state index contributed by atoms with van der Waals surface area (Å²) in [7, 11) is -3.72. The first-order valence-corrected chi connectivity index (χ1v) is 9.26. The highest BCUT2D eigenvalue weighted by atomic mass is 32.2. The van der Waals surface area contributed by atoms with Crippen LogP contribution in [0.4, 0.5) is 10.5 Å². The molecule has 2 fully saturated rings. The number of nitrogens with zero attached hydrogens (tertiary/aromatic N) is 1. The summed E-state index contributed by atoms with van der Waals surface area (Å²) in [4.78, 5) is 14.4. The highest BCUT2D eigenvalue weighted by Crippen LogP contribution is 2.29. The fourth-order valence-electron chi connectivity index (χ4n) is 2.71. The molecular formula is C15H21N3O4S. The third-order valence-electron chi connectivity index (χ3n) is 4.16. The van der Waals surface area contributed by atoms with Crippen molar-refractivity contribution in [2.24, 2.45) is 11.1 Å². The number of rotatable bonds is 5. The van der Waals surface area contributed by atoms with E-state index in [1.165, 1.54) is 12.1 Å². The Kier molecular flexibility index (Phi) is 4.56. The normalized spacial score (nSPS) is 21.2. The van der Waals surface area contributed by atoms with Crippen LogP contribution in [0, 0.1) is 5.92 Å². The van der Waals surface area contributed by atoms with E-state index in [1.54, 1.807) is 12.1 Å². The molecule has 2 aliphatic rings. The number of primary sulfonamides is 1. The fraction of sp³-hybridized carbons (Fsp3) is 0.533. The molecule has 0 unspecified atom stereocenters. The average Bonchev–Trinajstić information content (AvgIpc) is 3.20. The van der Waals surface area contributed by atoms with Crippen LogP contribution in [-0.4, -0.2) is 45.1 Å². The molecule has 3 rings (SSSR count). The summed E-state index contributed by atoms with van der Waals surface area (Å²) in [6, 6.07) is 6.01. The van der Waals surface area contributed by atoms with Gasteiger partial charge in [-0.25, -0.2) is 18.4 Å². The van der Waals surface area contributed by atoms with Crippen molar-refractivity contribution in [1.29, 1.82) is 0 Å². The number of carbonyl (C=O) groups excluding carboxylic acids is 1. The van der Waals surface area contributed by atoms with Crippen LogP contribution in [0.1, 0.15) is 19.3 Å². The van der Waals surface area contributed by atoms with Crippen molar-refractivity contribution in [2.45, 2.75) is 30.2 Å². The maximum atomic E-state index is 12.5. The van der Waals surface area contributed by atoms with Gasteiger partial charge in [-0.15, -0.1) is 0 Å². The van der Waals surface area contributed by atoms with Gasteiger partial charge in [-0.05, 0) is 43.5 Å². The summed E-state index contributed by atoms with van der Waals surface area (Å²) < 4.78 is 27.8. The van der Waals surface area contributed by atoms with Gasteiger partial charge in [0.05, 0.1) is 11.5 Å². The second-order valence-corrected chi connectivity index (χ2v) is 7.67. The lowest BCUT2D eigenvalue weighted by molar-refractivity contribution is 0.167. The van der Waals surface area contributed by atoms with Crippen molar-refractivity contribution < 1.29 is 17.9 Å². The Bertz CT molecular complexity index is 664. The van der Waals surface area contributed by atoms with E-state index in [1.807, 2.05) is 4.90 Å². The minimum Gasteiger partial charge on any atom is -0.381 e. The van der Waals surface area contributed by atoms with E-state index in [2.05, 4.69) is 5.32 Å². The van der Waals surface area contributed by atoms with Gasteiger partial charge < -0.3 is 15.0 Å². The molecule has 3 N–H and O–H groups in total. The molecule has 1 aliphatic heterocycles. The summed E-state index contributed by atoms with van der Waals surface area (Å²) in [6.45, 7) is 2.17. The Hall–Kier alpha value is -1.64. The zero-order valence-corrected chi connectivity index (χ0v) is 13.6. The molecule has 0 radical (unpaired) electrons. The maximum absolute atomic E-state index is 12.5. The van der Waals surface area contributed by atoms with Crippen LogP contribution in [0.25, 0.3) is 0 Å².